The predicted molar refractivity (Wildman–Crippen MR) is 98.8 cm³/mol. The fourth-order valence-electron chi connectivity index (χ4n) is 3.45. The van der Waals surface area contributed by atoms with E-state index in [0.717, 1.165) is 38.2 Å². The van der Waals surface area contributed by atoms with Gasteiger partial charge in [0.25, 0.3) is 0 Å². The van der Waals surface area contributed by atoms with Crippen molar-refractivity contribution >= 4 is 21.5 Å². The molecule has 0 atom stereocenters. The molecule has 2 nitrogen and oxygen atoms in total. The molecule has 0 aliphatic carbocycles. The van der Waals surface area contributed by atoms with E-state index in [1.54, 1.807) is 6.07 Å². The Morgan fingerprint density at radius 2 is 1.33 bits per heavy atom. The van der Waals surface area contributed by atoms with Gasteiger partial charge in [0, 0.05) is 0 Å². The first kappa shape index (κ1) is 14.6. The van der Waals surface area contributed by atoms with Crippen LogP contribution in [0, 0.1) is 6.92 Å². The highest BCUT2D eigenvalue weighted by Gasteiger charge is 2.11. The standard InChI is InChI=1S/C22H18O2/c1-14-19-7-4-5-9-21(19)17(13-22(14)24)10-16-12-18(23)11-15-6-2-3-8-20(15)16/h2-9,11-13,23-24H,10H2,1H3. The van der Waals surface area contributed by atoms with Crippen LogP contribution < -0.4 is 0 Å². The number of aryl methyl sites for hydroxylation is 1. The number of fused-ring (bicyclic) bond motifs is 2. The van der Waals surface area contributed by atoms with Gasteiger partial charge < -0.3 is 10.2 Å². The van der Waals surface area contributed by atoms with E-state index >= 15 is 0 Å². The molecule has 0 bridgehead atoms. The smallest absolute Gasteiger partial charge is 0.119 e. The molecule has 0 heterocycles. The van der Waals surface area contributed by atoms with E-state index in [-0.39, 0.29) is 5.75 Å². The normalized spacial score (nSPS) is 11.2. The summed E-state index contributed by atoms with van der Waals surface area (Å²) >= 11 is 0. The first-order valence-corrected chi connectivity index (χ1v) is 8.04. The molecule has 0 saturated carbocycles. The van der Waals surface area contributed by atoms with Gasteiger partial charge in [-0.15, -0.1) is 0 Å². The van der Waals surface area contributed by atoms with Crippen molar-refractivity contribution in [3.8, 4) is 11.5 Å². The second kappa shape index (κ2) is 5.57. The van der Waals surface area contributed by atoms with Crippen molar-refractivity contribution in [3.05, 3.63) is 83.4 Å². The van der Waals surface area contributed by atoms with Crippen molar-refractivity contribution < 1.29 is 10.2 Å². The van der Waals surface area contributed by atoms with E-state index in [9.17, 15) is 10.2 Å². The van der Waals surface area contributed by atoms with Crippen LogP contribution in [0.1, 0.15) is 16.7 Å². The highest BCUT2D eigenvalue weighted by Crippen LogP contribution is 2.33. The molecular formula is C22H18O2. The van der Waals surface area contributed by atoms with Crippen molar-refractivity contribution in [2.24, 2.45) is 0 Å². The van der Waals surface area contributed by atoms with Gasteiger partial charge in [-0.3, -0.25) is 0 Å². The molecule has 0 aromatic heterocycles. The number of rotatable bonds is 2. The van der Waals surface area contributed by atoms with Crippen molar-refractivity contribution in [3.63, 3.8) is 0 Å². The summed E-state index contributed by atoms with van der Waals surface area (Å²) in [5.41, 5.74) is 3.01. The lowest BCUT2D eigenvalue weighted by Crippen LogP contribution is -1.93. The molecule has 2 heteroatoms. The molecule has 0 aliphatic heterocycles. The molecule has 0 radical (unpaired) electrons. The second-order valence-electron chi connectivity index (χ2n) is 6.23. The fourth-order valence-corrected chi connectivity index (χ4v) is 3.45. The van der Waals surface area contributed by atoms with E-state index in [2.05, 4.69) is 12.1 Å². The van der Waals surface area contributed by atoms with Crippen LogP contribution in [0.4, 0.5) is 0 Å². The van der Waals surface area contributed by atoms with Crippen LogP contribution in [-0.4, -0.2) is 10.2 Å². The van der Waals surface area contributed by atoms with Gasteiger partial charge in [0.1, 0.15) is 11.5 Å². The quantitative estimate of drug-likeness (QED) is 0.527. The van der Waals surface area contributed by atoms with E-state index in [1.807, 2.05) is 55.5 Å². The Hall–Kier alpha value is -3.00. The summed E-state index contributed by atoms with van der Waals surface area (Å²) in [5.74, 6) is 0.581. The maximum absolute atomic E-state index is 10.3. The lowest BCUT2D eigenvalue weighted by Gasteiger charge is -2.13. The van der Waals surface area contributed by atoms with Gasteiger partial charge >= 0.3 is 0 Å². The SMILES string of the molecule is Cc1c(O)cc(Cc2cc(O)cc3ccccc23)c2ccccc12. The lowest BCUT2D eigenvalue weighted by atomic mass is 9.93. The summed E-state index contributed by atoms with van der Waals surface area (Å²) in [7, 11) is 0. The predicted octanol–water partition coefficient (Wildman–Crippen LogP) is 5.30. The van der Waals surface area contributed by atoms with Crippen molar-refractivity contribution in [2.45, 2.75) is 13.3 Å². The largest absolute Gasteiger partial charge is 0.508 e. The Morgan fingerprint density at radius 1 is 0.708 bits per heavy atom. The number of phenols is 2. The molecular weight excluding hydrogens is 296 g/mol. The zero-order valence-electron chi connectivity index (χ0n) is 13.5. The second-order valence-corrected chi connectivity index (χ2v) is 6.23. The van der Waals surface area contributed by atoms with Gasteiger partial charge in [0.05, 0.1) is 0 Å². The third-order valence-corrected chi connectivity index (χ3v) is 4.69. The van der Waals surface area contributed by atoms with Gasteiger partial charge in [-0.1, -0.05) is 48.5 Å². The lowest BCUT2D eigenvalue weighted by molar-refractivity contribution is 0.471. The number of benzene rings is 4. The number of phenolic OH excluding ortho intramolecular Hbond substituents is 2. The molecule has 118 valence electrons. The minimum Gasteiger partial charge on any atom is -0.508 e. The van der Waals surface area contributed by atoms with Crippen molar-refractivity contribution in [2.75, 3.05) is 0 Å². The minimum absolute atomic E-state index is 0.268. The molecule has 0 amide bonds. The summed E-state index contributed by atoms with van der Waals surface area (Å²) in [6, 6.07) is 21.6. The van der Waals surface area contributed by atoms with E-state index in [4.69, 9.17) is 0 Å². The number of aromatic hydroxyl groups is 2. The molecule has 0 saturated heterocycles. The Morgan fingerprint density at radius 3 is 2.12 bits per heavy atom. The number of hydrogen-bond acceptors (Lipinski definition) is 2. The van der Waals surface area contributed by atoms with E-state index < -0.39 is 0 Å². The van der Waals surface area contributed by atoms with E-state index in [0.29, 0.717) is 12.2 Å². The molecule has 4 rings (SSSR count). The van der Waals surface area contributed by atoms with Gasteiger partial charge in [-0.25, -0.2) is 0 Å². The molecule has 0 aliphatic rings. The monoisotopic (exact) mass is 314 g/mol. The number of hydrogen-bond donors (Lipinski definition) is 2. The molecule has 4 aromatic rings. The summed E-state index contributed by atoms with van der Waals surface area (Å²) in [6.45, 7) is 1.94. The van der Waals surface area contributed by atoms with Crippen molar-refractivity contribution in [1.82, 2.24) is 0 Å². The van der Waals surface area contributed by atoms with Crippen molar-refractivity contribution in [1.29, 1.82) is 0 Å². The average Bonchev–Trinajstić information content (AvgIpc) is 2.59. The summed E-state index contributed by atoms with van der Waals surface area (Å²) < 4.78 is 0. The topological polar surface area (TPSA) is 40.5 Å². The van der Waals surface area contributed by atoms with Crippen LogP contribution in [-0.2, 0) is 6.42 Å². The first-order valence-electron chi connectivity index (χ1n) is 8.04. The Balaban J connectivity index is 1.94. The molecule has 0 fully saturated rings. The molecule has 0 unspecified atom stereocenters. The van der Waals surface area contributed by atoms with Gasteiger partial charge in [0.2, 0.25) is 0 Å². The fraction of sp³-hybridized carbons (Fsp3) is 0.0909. The van der Waals surface area contributed by atoms with Crippen LogP contribution >= 0.6 is 0 Å². The highest BCUT2D eigenvalue weighted by molar-refractivity contribution is 5.92. The molecule has 0 spiro atoms. The maximum Gasteiger partial charge on any atom is 0.119 e. The molecule has 24 heavy (non-hydrogen) atoms. The Kier molecular flexibility index (Phi) is 3.39. The average molecular weight is 314 g/mol. The minimum atomic E-state index is 0.268. The van der Waals surface area contributed by atoms with Gasteiger partial charge in [-0.2, -0.15) is 0 Å². The summed E-state index contributed by atoms with van der Waals surface area (Å²) in [6.07, 6.45) is 0.656. The third-order valence-electron chi connectivity index (χ3n) is 4.69. The van der Waals surface area contributed by atoms with Crippen LogP contribution in [0.3, 0.4) is 0 Å². The van der Waals surface area contributed by atoms with Crippen LogP contribution in [0.2, 0.25) is 0 Å². The van der Waals surface area contributed by atoms with Crippen LogP contribution in [0.25, 0.3) is 21.5 Å². The Labute approximate surface area is 140 Å². The highest BCUT2D eigenvalue weighted by atomic mass is 16.3. The maximum atomic E-state index is 10.3. The molecule has 4 aromatic carbocycles. The third kappa shape index (κ3) is 2.37. The summed E-state index contributed by atoms with van der Waals surface area (Å²) in [4.78, 5) is 0. The molecule has 2 N–H and O–H groups in total. The van der Waals surface area contributed by atoms with Gasteiger partial charge in [0.15, 0.2) is 0 Å². The summed E-state index contributed by atoms with van der Waals surface area (Å²) in [5, 5.41) is 24.7. The van der Waals surface area contributed by atoms with Crippen LogP contribution in [0.5, 0.6) is 11.5 Å². The zero-order chi connectivity index (χ0) is 16.7. The Bertz CT molecular complexity index is 1060. The first-order chi connectivity index (χ1) is 11.6. The van der Waals surface area contributed by atoms with E-state index in [1.165, 1.54) is 0 Å². The zero-order valence-corrected chi connectivity index (χ0v) is 13.5. The van der Waals surface area contributed by atoms with Crippen LogP contribution in [0.15, 0.2) is 66.7 Å². The van der Waals surface area contributed by atoms with Gasteiger partial charge in [-0.05, 0) is 69.8 Å².